The molecule has 2 aliphatic heterocycles. The molecule has 3 heterocycles. The molecule has 2 atom stereocenters. The maximum Gasteiger partial charge on any atom is 0.447 e. The third-order valence-electron chi connectivity index (χ3n) is 4.52. The van der Waals surface area contributed by atoms with Crippen molar-refractivity contribution in [3.8, 4) is 0 Å². The summed E-state index contributed by atoms with van der Waals surface area (Å²) in [6.45, 7) is 3.11. The summed E-state index contributed by atoms with van der Waals surface area (Å²) in [6.07, 6.45) is 3.07. The van der Waals surface area contributed by atoms with Gasteiger partial charge in [-0.25, -0.2) is 4.98 Å². The normalized spacial score (nSPS) is 25.1. The number of hydrogen-bond acceptors (Lipinski definition) is 4. The van der Waals surface area contributed by atoms with Crippen molar-refractivity contribution in [1.29, 1.82) is 0 Å². The molecule has 2 saturated heterocycles. The molecule has 2 fully saturated rings. The monoisotopic (exact) mass is 345 g/mol. The van der Waals surface area contributed by atoms with Crippen molar-refractivity contribution >= 4 is 17.7 Å². The first-order valence-electron chi connectivity index (χ1n) is 7.65. The number of fused-ring (bicyclic) bond motifs is 1. The molecule has 3 rings (SSSR count). The molecule has 0 radical (unpaired) electrons. The average molecular weight is 345 g/mol. The highest BCUT2D eigenvalue weighted by Crippen LogP contribution is 2.37. The molecule has 8 heteroatoms. The summed E-state index contributed by atoms with van der Waals surface area (Å²) in [6, 6.07) is 2.93. The second kappa shape index (κ2) is 6.68. The molecule has 4 nitrogen and oxygen atoms in total. The Morgan fingerprint density at radius 3 is 2.52 bits per heavy atom. The van der Waals surface area contributed by atoms with Gasteiger partial charge in [0.1, 0.15) is 5.03 Å². The molecule has 23 heavy (non-hydrogen) atoms. The zero-order valence-corrected chi connectivity index (χ0v) is 13.3. The maximum absolute atomic E-state index is 12.7. The molecule has 0 aliphatic carbocycles. The number of nitrogens with one attached hydrogen (secondary N) is 1. The standard InChI is InChI=1S/C15H18F3N3OS/c16-15(17,18)23-13-12(2-1-5-20-13)14(22)21-6-3-10-8-19-9-11(10)4-7-21/h1-2,5,10-11,19H,3-4,6-9H2/t10-,11+. The van der Waals surface area contributed by atoms with Crippen LogP contribution < -0.4 is 5.32 Å². The minimum absolute atomic E-state index is 0.0417. The smallest absolute Gasteiger partial charge is 0.339 e. The van der Waals surface area contributed by atoms with Crippen LogP contribution in [0.15, 0.2) is 23.4 Å². The van der Waals surface area contributed by atoms with Crippen LogP contribution in [-0.2, 0) is 0 Å². The lowest BCUT2D eigenvalue weighted by Gasteiger charge is -2.22. The molecule has 0 bridgehead atoms. The van der Waals surface area contributed by atoms with E-state index in [1.54, 1.807) is 4.90 Å². The van der Waals surface area contributed by atoms with E-state index in [1.807, 2.05) is 0 Å². The van der Waals surface area contributed by atoms with Gasteiger partial charge in [0, 0.05) is 31.0 Å². The quantitative estimate of drug-likeness (QED) is 0.837. The van der Waals surface area contributed by atoms with E-state index in [9.17, 15) is 18.0 Å². The Labute approximate surface area is 136 Å². The lowest BCUT2D eigenvalue weighted by Crippen LogP contribution is -2.33. The van der Waals surface area contributed by atoms with Crippen LogP contribution in [0.1, 0.15) is 23.2 Å². The zero-order chi connectivity index (χ0) is 16.4. The highest BCUT2D eigenvalue weighted by Gasteiger charge is 2.35. The van der Waals surface area contributed by atoms with Crippen LogP contribution in [0, 0.1) is 11.8 Å². The van der Waals surface area contributed by atoms with Crippen molar-refractivity contribution in [2.45, 2.75) is 23.4 Å². The minimum Gasteiger partial charge on any atom is -0.339 e. The largest absolute Gasteiger partial charge is 0.447 e. The second-order valence-corrected chi connectivity index (χ2v) is 7.01. The number of rotatable bonds is 2. The molecular formula is C15H18F3N3OS. The summed E-state index contributed by atoms with van der Waals surface area (Å²) in [5, 5.41) is 3.09. The Morgan fingerprint density at radius 2 is 1.91 bits per heavy atom. The van der Waals surface area contributed by atoms with Gasteiger partial charge in [-0.05, 0) is 49.9 Å². The molecule has 0 saturated carbocycles. The van der Waals surface area contributed by atoms with Gasteiger partial charge in [-0.2, -0.15) is 13.2 Å². The number of hydrogen-bond donors (Lipinski definition) is 1. The predicted octanol–water partition coefficient (Wildman–Crippen LogP) is 2.77. The highest BCUT2D eigenvalue weighted by atomic mass is 32.2. The number of carbonyl (C=O) groups is 1. The van der Waals surface area contributed by atoms with Crippen molar-refractivity contribution in [2.24, 2.45) is 11.8 Å². The predicted molar refractivity (Wildman–Crippen MR) is 81.1 cm³/mol. The molecule has 0 unspecified atom stereocenters. The molecule has 1 amide bonds. The molecular weight excluding hydrogens is 327 g/mol. The summed E-state index contributed by atoms with van der Waals surface area (Å²) in [5.41, 5.74) is -4.41. The van der Waals surface area contributed by atoms with Crippen molar-refractivity contribution in [2.75, 3.05) is 26.2 Å². The number of thioether (sulfide) groups is 1. The number of carbonyl (C=O) groups excluding carboxylic acids is 1. The Kier molecular flexibility index (Phi) is 4.82. The Hall–Kier alpha value is -1.28. The van der Waals surface area contributed by atoms with Crippen LogP contribution in [0.2, 0.25) is 0 Å². The van der Waals surface area contributed by atoms with Gasteiger partial charge in [0.05, 0.1) is 5.56 Å². The van der Waals surface area contributed by atoms with Crippen LogP contribution >= 0.6 is 11.8 Å². The molecule has 0 aromatic carbocycles. The van der Waals surface area contributed by atoms with E-state index >= 15 is 0 Å². The van der Waals surface area contributed by atoms with E-state index in [1.165, 1.54) is 18.3 Å². The van der Waals surface area contributed by atoms with Gasteiger partial charge in [-0.3, -0.25) is 4.79 Å². The lowest BCUT2D eigenvalue weighted by atomic mass is 9.92. The first kappa shape index (κ1) is 16.6. The van der Waals surface area contributed by atoms with Gasteiger partial charge in [0.2, 0.25) is 0 Å². The van der Waals surface area contributed by atoms with Crippen molar-refractivity contribution in [1.82, 2.24) is 15.2 Å². The second-order valence-electron chi connectivity index (χ2n) is 5.95. The Balaban J connectivity index is 1.75. The van der Waals surface area contributed by atoms with Gasteiger partial charge in [-0.1, -0.05) is 0 Å². The molecule has 126 valence electrons. The van der Waals surface area contributed by atoms with Crippen molar-refractivity contribution < 1.29 is 18.0 Å². The number of amides is 1. The van der Waals surface area contributed by atoms with Crippen molar-refractivity contribution in [3.63, 3.8) is 0 Å². The lowest BCUT2D eigenvalue weighted by molar-refractivity contribution is -0.0329. The van der Waals surface area contributed by atoms with E-state index in [2.05, 4.69) is 10.3 Å². The summed E-state index contributed by atoms with van der Waals surface area (Å²) in [4.78, 5) is 18.1. The van der Waals surface area contributed by atoms with Gasteiger partial charge in [0.25, 0.3) is 5.91 Å². The number of halogens is 3. The van der Waals surface area contributed by atoms with E-state index in [-0.39, 0.29) is 28.3 Å². The molecule has 0 spiro atoms. The van der Waals surface area contributed by atoms with Crippen LogP contribution in [-0.4, -0.2) is 47.5 Å². The minimum atomic E-state index is -4.45. The fourth-order valence-corrected chi connectivity index (χ4v) is 3.93. The van der Waals surface area contributed by atoms with E-state index in [0.717, 1.165) is 25.9 Å². The Morgan fingerprint density at radius 1 is 1.26 bits per heavy atom. The van der Waals surface area contributed by atoms with Crippen molar-refractivity contribution in [3.05, 3.63) is 23.9 Å². The summed E-state index contributed by atoms with van der Waals surface area (Å²) >= 11 is -0.327. The molecule has 1 N–H and O–H groups in total. The van der Waals surface area contributed by atoms with Gasteiger partial charge in [0.15, 0.2) is 0 Å². The maximum atomic E-state index is 12.7. The van der Waals surface area contributed by atoms with E-state index < -0.39 is 5.51 Å². The fraction of sp³-hybridized carbons (Fsp3) is 0.600. The molecule has 1 aromatic heterocycles. The fourth-order valence-electron chi connectivity index (χ4n) is 3.34. The first-order chi connectivity index (χ1) is 10.9. The topological polar surface area (TPSA) is 45.2 Å². The number of pyridine rings is 1. The number of likely N-dealkylation sites (tertiary alicyclic amines) is 1. The third kappa shape index (κ3) is 3.98. The zero-order valence-electron chi connectivity index (χ0n) is 12.5. The van der Waals surface area contributed by atoms with Crippen LogP contribution in [0.5, 0.6) is 0 Å². The molecule has 2 aliphatic rings. The van der Waals surface area contributed by atoms with E-state index in [0.29, 0.717) is 24.9 Å². The number of alkyl halides is 3. The third-order valence-corrected chi connectivity index (χ3v) is 5.27. The summed E-state index contributed by atoms with van der Waals surface area (Å²) < 4.78 is 37.9. The number of aromatic nitrogens is 1. The van der Waals surface area contributed by atoms with Crippen LogP contribution in [0.25, 0.3) is 0 Å². The van der Waals surface area contributed by atoms with Crippen LogP contribution in [0.4, 0.5) is 13.2 Å². The summed E-state index contributed by atoms with van der Waals surface area (Å²) in [5.74, 6) is 0.772. The SMILES string of the molecule is O=C(c1cccnc1SC(F)(F)F)N1CC[C@@H]2CNC[C@@H]2CC1. The highest BCUT2D eigenvalue weighted by molar-refractivity contribution is 8.00. The van der Waals surface area contributed by atoms with E-state index in [4.69, 9.17) is 0 Å². The molecule has 1 aromatic rings. The van der Waals surface area contributed by atoms with Gasteiger partial charge < -0.3 is 10.2 Å². The summed E-state index contributed by atoms with van der Waals surface area (Å²) in [7, 11) is 0. The first-order valence-corrected chi connectivity index (χ1v) is 8.46. The van der Waals surface area contributed by atoms with Gasteiger partial charge in [-0.15, -0.1) is 0 Å². The van der Waals surface area contributed by atoms with Gasteiger partial charge >= 0.3 is 5.51 Å². The average Bonchev–Trinajstić information content (AvgIpc) is 2.84. The van der Waals surface area contributed by atoms with Crippen LogP contribution in [0.3, 0.4) is 0 Å². The number of nitrogens with zero attached hydrogens (tertiary/aromatic N) is 2. The Bertz CT molecular complexity index is 567.